The number of benzene rings is 2. The van der Waals surface area contributed by atoms with Crippen LogP contribution in [-0.2, 0) is 14.8 Å². The number of amides is 1. The van der Waals surface area contributed by atoms with Crippen molar-refractivity contribution in [2.24, 2.45) is 0 Å². The Hall–Kier alpha value is -2.74. The number of nitrogens with one attached hydrogen (secondary N) is 1. The molecule has 2 aromatic rings. The predicted molar refractivity (Wildman–Crippen MR) is 109 cm³/mol. The summed E-state index contributed by atoms with van der Waals surface area (Å²) in [5.41, 5.74) is 2.17. The van der Waals surface area contributed by atoms with Crippen molar-refractivity contribution >= 4 is 21.6 Å². The minimum absolute atomic E-state index is 0.321. The Bertz CT molecular complexity index is 926. The SMILES string of the molecule is COc1ccc(OC)c([C@H](C)NC(=O)CN(c2ccc(C)cc2)S(C)(=O)=O)c1. The molecular weight excluding hydrogens is 380 g/mol. The van der Waals surface area contributed by atoms with E-state index in [1.54, 1.807) is 63.6 Å². The van der Waals surface area contributed by atoms with Crippen LogP contribution in [-0.4, -0.2) is 41.3 Å². The van der Waals surface area contributed by atoms with Gasteiger partial charge in [0, 0.05) is 5.56 Å². The van der Waals surface area contributed by atoms with Gasteiger partial charge in [0.15, 0.2) is 0 Å². The van der Waals surface area contributed by atoms with Crippen LogP contribution in [0, 0.1) is 6.92 Å². The first-order valence-electron chi connectivity index (χ1n) is 8.71. The molecule has 0 aromatic heterocycles. The number of carbonyl (C=O) groups is 1. The molecule has 0 heterocycles. The Morgan fingerprint density at radius 2 is 1.75 bits per heavy atom. The number of hydrogen-bond acceptors (Lipinski definition) is 5. The topological polar surface area (TPSA) is 84.9 Å². The number of hydrogen-bond donors (Lipinski definition) is 1. The predicted octanol–water partition coefficient (Wildman–Crippen LogP) is 2.66. The minimum Gasteiger partial charge on any atom is -0.497 e. The maximum Gasteiger partial charge on any atom is 0.241 e. The van der Waals surface area contributed by atoms with Crippen LogP contribution in [0.5, 0.6) is 11.5 Å². The Morgan fingerprint density at radius 3 is 2.29 bits per heavy atom. The zero-order chi connectivity index (χ0) is 20.9. The van der Waals surface area contributed by atoms with Crippen LogP contribution in [0.2, 0.25) is 0 Å². The van der Waals surface area contributed by atoms with E-state index >= 15 is 0 Å². The lowest BCUT2D eigenvalue weighted by Gasteiger charge is -2.24. The van der Waals surface area contributed by atoms with Gasteiger partial charge in [0.05, 0.1) is 32.2 Å². The van der Waals surface area contributed by atoms with Crippen LogP contribution in [0.4, 0.5) is 5.69 Å². The molecule has 8 heteroatoms. The third-order valence-electron chi connectivity index (χ3n) is 4.29. The summed E-state index contributed by atoms with van der Waals surface area (Å²) in [4.78, 5) is 12.6. The monoisotopic (exact) mass is 406 g/mol. The molecule has 7 nitrogen and oxygen atoms in total. The number of ether oxygens (including phenoxy) is 2. The van der Waals surface area contributed by atoms with Crippen molar-refractivity contribution in [3.05, 3.63) is 53.6 Å². The highest BCUT2D eigenvalue weighted by Crippen LogP contribution is 2.29. The average molecular weight is 407 g/mol. The van der Waals surface area contributed by atoms with Gasteiger partial charge in [0.1, 0.15) is 18.0 Å². The van der Waals surface area contributed by atoms with Crippen LogP contribution in [0.15, 0.2) is 42.5 Å². The minimum atomic E-state index is -3.62. The van der Waals surface area contributed by atoms with E-state index in [1.807, 2.05) is 6.92 Å². The smallest absolute Gasteiger partial charge is 0.241 e. The van der Waals surface area contributed by atoms with Gasteiger partial charge in [-0.25, -0.2) is 8.42 Å². The van der Waals surface area contributed by atoms with E-state index in [4.69, 9.17) is 9.47 Å². The van der Waals surface area contributed by atoms with Gasteiger partial charge in [-0.15, -0.1) is 0 Å². The Labute approximate surface area is 166 Å². The van der Waals surface area contributed by atoms with Gasteiger partial charge >= 0.3 is 0 Å². The number of aryl methyl sites for hydroxylation is 1. The summed E-state index contributed by atoms with van der Waals surface area (Å²) in [6.45, 7) is 3.38. The highest BCUT2D eigenvalue weighted by Gasteiger charge is 2.22. The Morgan fingerprint density at radius 1 is 1.11 bits per heavy atom. The standard InChI is InChI=1S/C20H26N2O5S/c1-14-6-8-16(9-7-14)22(28(5,24)25)13-20(23)21-15(2)18-12-17(26-3)10-11-19(18)27-4/h6-12,15H,13H2,1-5H3,(H,21,23)/t15-/m0/s1. The van der Waals surface area contributed by atoms with E-state index in [0.717, 1.165) is 21.7 Å². The summed E-state index contributed by atoms with van der Waals surface area (Å²) < 4.78 is 36.1. The fourth-order valence-corrected chi connectivity index (χ4v) is 3.64. The van der Waals surface area contributed by atoms with E-state index in [1.165, 1.54) is 0 Å². The molecule has 152 valence electrons. The highest BCUT2D eigenvalue weighted by molar-refractivity contribution is 7.92. The first kappa shape index (κ1) is 21.6. The van der Waals surface area contributed by atoms with E-state index in [9.17, 15) is 13.2 Å². The van der Waals surface area contributed by atoms with Crippen molar-refractivity contribution in [2.45, 2.75) is 19.9 Å². The normalized spacial score (nSPS) is 12.2. The fraction of sp³-hybridized carbons (Fsp3) is 0.350. The molecule has 1 atom stereocenters. The van der Waals surface area contributed by atoms with Crippen molar-refractivity contribution in [3.8, 4) is 11.5 Å². The van der Waals surface area contributed by atoms with E-state index in [0.29, 0.717) is 17.2 Å². The summed E-state index contributed by atoms with van der Waals surface area (Å²) in [6, 6.07) is 11.8. The number of rotatable bonds is 8. The van der Waals surface area contributed by atoms with Gasteiger partial charge in [-0.2, -0.15) is 0 Å². The van der Waals surface area contributed by atoms with Gasteiger partial charge in [-0.1, -0.05) is 17.7 Å². The third-order valence-corrected chi connectivity index (χ3v) is 5.43. The van der Waals surface area contributed by atoms with E-state index in [-0.39, 0.29) is 6.54 Å². The second-order valence-electron chi connectivity index (χ2n) is 6.50. The maximum absolute atomic E-state index is 12.6. The molecular formula is C20H26N2O5S. The zero-order valence-electron chi connectivity index (χ0n) is 16.7. The number of carbonyl (C=O) groups excluding carboxylic acids is 1. The summed E-state index contributed by atoms with van der Waals surface area (Å²) in [5, 5.41) is 2.83. The van der Waals surface area contributed by atoms with Crippen molar-refractivity contribution in [1.29, 1.82) is 0 Å². The van der Waals surface area contributed by atoms with Crippen LogP contribution >= 0.6 is 0 Å². The quantitative estimate of drug-likeness (QED) is 0.729. The molecule has 0 spiro atoms. The van der Waals surface area contributed by atoms with E-state index < -0.39 is 22.0 Å². The third kappa shape index (κ3) is 5.39. The molecule has 0 aliphatic rings. The number of methoxy groups -OCH3 is 2. The molecule has 0 aliphatic heterocycles. The molecule has 0 radical (unpaired) electrons. The van der Waals surface area contributed by atoms with Gasteiger partial charge in [0.2, 0.25) is 15.9 Å². The maximum atomic E-state index is 12.6. The molecule has 0 saturated carbocycles. The molecule has 0 unspecified atom stereocenters. The molecule has 28 heavy (non-hydrogen) atoms. The Balaban J connectivity index is 2.20. The lowest BCUT2D eigenvalue weighted by Crippen LogP contribution is -2.41. The fourth-order valence-electron chi connectivity index (χ4n) is 2.78. The van der Waals surface area contributed by atoms with Crippen molar-refractivity contribution < 1.29 is 22.7 Å². The van der Waals surface area contributed by atoms with Crippen LogP contribution in [0.1, 0.15) is 24.1 Å². The largest absolute Gasteiger partial charge is 0.497 e. The first-order chi connectivity index (χ1) is 13.2. The summed E-state index contributed by atoms with van der Waals surface area (Å²) in [5.74, 6) is 0.810. The molecule has 1 amide bonds. The number of nitrogens with zero attached hydrogens (tertiary/aromatic N) is 1. The molecule has 2 aromatic carbocycles. The van der Waals surface area contributed by atoms with Crippen molar-refractivity contribution in [2.75, 3.05) is 31.3 Å². The highest BCUT2D eigenvalue weighted by atomic mass is 32.2. The summed E-state index contributed by atoms with van der Waals surface area (Å²) in [7, 11) is -0.522. The van der Waals surface area contributed by atoms with Crippen LogP contribution < -0.4 is 19.1 Å². The van der Waals surface area contributed by atoms with E-state index in [2.05, 4.69) is 5.32 Å². The number of sulfonamides is 1. The first-order valence-corrected chi connectivity index (χ1v) is 10.6. The van der Waals surface area contributed by atoms with Gasteiger partial charge < -0.3 is 14.8 Å². The molecule has 0 saturated heterocycles. The molecule has 0 fully saturated rings. The van der Waals surface area contributed by atoms with Gasteiger partial charge in [0.25, 0.3) is 0 Å². The van der Waals surface area contributed by atoms with Crippen LogP contribution in [0.3, 0.4) is 0 Å². The summed E-state index contributed by atoms with van der Waals surface area (Å²) >= 11 is 0. The van der Waals surface area contributed by atoms with Crippen LogP contribution in [0.25, 0.3) is 0 Å². The molecule has 0 bridgehead atoms. The van der Waals surface area contributed by atoms with Gasteiger partial charge in [-0.3, -0.25) is 9.10 Å². The molecule has 1 N–H and O–H groups in total. The van der Waals surface area contributed by atoms with Crippen molar-refractivity contribution in [3.63, 3.8) is 0 Å². The average Bonchev–Trinajstić information content (AvgIpc) is 2.65. The second kappa shape index (κ2) is 8.97. The lowest BCUT2D eigenvalue weighted by molar-refractivity contribution is -0.120. The summed E-state index contributed by atoms with van der Waals surface area (Å²) in [6.07, 6.45) is 1.08. The zero-order valence-corrected chi connectivity index (χ0v) is 17.5. The molecule has 2 rings (SSSR count). The second-order valence-corrected chi connectivity index (χ2v) is 8.41. The van der Waals surface area contributed by atoms with Crippen molar-refractivity contribution in [1.82, 2.24) is 5.32 Å². The van der Waals surface area contributed by atoms with Gasteiger partial charge in [-0.05, 0) is 44.2 Å². The Kier molecular flexibility index (Phi) is 6.90. The lowest BCUT2D eigenvalue weighted by atomic mass is 10.1. The molecule has 0 aliphatic carbocycles. The number of anilines is 1.